The number of carbonyl (C=O) groups excluding carboxylic acids is 5. The molecule has 6 atom stereocenters. The van der Waals surface area contributed by atoms with Crippen LogP contribution in [0.15, 0.2) is 18.2 Å². The molecule has 258 valence electrons. The van der Waals surface area contributed by atoms with Crippen molar-refractivity contribution in [3.63, 3.8) is 0 Å². The third-order valence-corrected chi connectivity index (χ3v) is 9.29. The summed E-state index contributed by atoms with van der Waals surface area (Å²) >= 11 is 0. The third-order valence-electron chi connectivity index (χ3n) is 9.29. The predicted molar refractivity (Wildman–Crippen MR) is 165 cm³/mol. The van der Waals surface area contributed by atoms with Crippen molar-refractivity contribution in [1.82, 2.24) is 5.32 Å². The summed E-state index contributed by atoms with van der Waals surface area (Å²) in [4.78, 5) is 64.2. The largest absolute Gasteiger partial charge is 0.507 e. The fraction of sp³-hybridized carbons (Fsp3) is 0.500. The van der Waals surface area contributed by atoms with Crippen LogP contribution in [0.3, 0.4) is 0 Å². The number of Topliss-reactive ketones (excluding diaryl/α,β-unsaturated/α-hetero) is 2. The van der Waals surface area contributed by atoms with Crippen molar-refractivity contribution in [1.29, 1.82) is 0 Å². The summed E-state index contributed by atoms with van der Waals surface area (Å²) in [5.74, 6) is -4.36. The van der Waals surface area contributed by atoms with Gasteiger partial charge >= 0.3 is 0 Å². The molecule has 5 rings (SSSR count). The summed E-state index contributed by atoms with van der Waals surface area (Å²) in [6, 6.07) is 3.46. The van der Waals surface area contributed by atoms with Crippen LogP contribution in [0.4, 0.5) is 0 Å². The lowest BCUT2D eigenvalue weighted by molar-refractivity contribution is -0.249. The Labute approximate surface area is 275 Å². The van der Waals surface area contributed by atoms with E-state index in [4.69, 9.17) is 14.2 Å². The number of fused-ring (bicyclic) bond motifs is 3. The highest BCUT2D eigenvalue weighted by molar-refractivity contribution is 6.31. The zero-order valence-electron chi connectivity index (χ0n) is 26.8. The Morgan fingerprint density at radius 2 is 1.73 bits per heavy atom. The van der Waals surface area contributed by atoms with Crippen molar-refractivity contribution in [3.05, 3.63) is 51.6 Å². The number of phenols is 2. The maximum atomic E-state index is 13.8. The molecule has 0 aromatic heterocycles. The highest BCUT2D eigenvalue weighted by Crippen LogP contribution is 2.52. The number of phenolic OH excluding ortho intramolecular Hbond substituents is 2. The molecule has 1 heterocycles. The number of amides is 1. The predicted octanol–water partition coefficient (Wildman–Crippen LogP) is 1.31. The molecule has 0 bridgehead atoms. The lowest BCUT2D eigenvalue weighted by atomic mass is 9.72. The molecule has 0 spiro atoms. The molecular weight excluding hydrogens is 630 g/mol. The van der Waals surface area contributed by atoms with Gasteiger partial charge in [0.15, 0.2) is 17.9 Å². The van der Waals surface area contributed by atoms with Crippen LogP contribution in [0.5, 0.6) is 17.2 Å². The minimum atomic E-state index is -2.32. The lowest BCUT2D eigenvalue weighted by Crippen LogP contribution is -2.55. The van der Waals surface area contributed by atoms with Gasteiger partial charge in [-0.1, -0.05) is 12.1 Å². The van der Waals surface area contributed by atoms with Gasteiger partial charge in [0.1, 0.15) is 41.3 Å². The molecule has 48 heavy (non-hydrogen) atoms. The fourth-order valence-corrected chi connectivity index (χ4v) is 6.80. The topological polar surface area (TPSA) is 226 Å². The molecule has 1 aliphatic heterocycles. The number of hydrogen-bond acceptors (Lipinski definition) is 13. The summed E-state index contributed by atoms with van der Waals surface area (Å²) in [5, 5.41) is 57.8. The van der Waals surface area contributed by atoms with Crippen molar-refractivity contribution in [2.24, 2.45) is 0 Å². The number of unbranched alkanes of at least 4 members (excludes halogenated alkanes) is 1. The second-order valence-corrected chi connectivity index (χ2v) is 12.6. The number of ether oxygens (including phenoxy) is 3. The Kier molecular flexibility index (Phi) is 10.0. The number of aliphatic hydroxyl groups excluding tert-OH is 2. The average Bonchev–Trinajstić information content (AvgIpc) is 3.04. The molecule has 1 fully saturated rings. The number of nitrogens with one attached hydrogen (secondary N) is 1. The smallest absolute Gasteiger partial charge is 0.220 e. The van der Waals surface area contributed by atoms with E-state index >= 15 is 0 Å². The SMILES string of the molecule is COc1cccc2c1C(=O)c1c(O)c3c(c(O)c1C2=O)CC(O)(C(=O)CO)CC3OC1CC(NC(=O)CCCCC(C)=O)C(O)C(C)O1. The number of rotatable bonds is 11. The Morgan fingerprint density at radius 1 is 1.04 bits per heavy atom. The van der Waals surface area contributed by atoms with Crippen LogP contribution in [-0.4, -0.2) is 98.4 Å². The number of benzene rings is 2. The number of methoxy groups -OCH3 is 1. The Hall–Kier alpha value is -4.21. The molecule has 2 aromatic carbocycles. The first-order valence-corrected chi connectivity index (χ1v) is 15.7. The first kappa shape index (κ1) is 35.1. The highest BCUT2D eigenvalue weighted by Gasteiger charge is 2.50. The first-order chi connectivity index (χ1) is 22.7. The minimum Gasteiger partial charge on any atom is -0.507 e. The maximum absolute atomic E-state index is 13.8. The van der Waals surface area contributed by atoms with E-state index in [-0.39, 0.29) is 52.5 Å². The van der Waals surface area contributed by atoms with E-state index < -0.39 is 95.7 Å². The van der Waals surface area contributed by atoms with Gasteiger partial charge in [-0.05, 0) is 32.8 Å². The molecule has 3 aliphatic rings. The monoisotopic (exact) mass is 669 g/mol. The highest BCUT2D eigenvalue weighted by atomic mass is 16.7. The van der Waals surface area contributed by atoms with Gasteiger partial charge in [0, 0.05) is 48.8 Å². The summed E-state index contributed by atoms with van der Waals surface area (Å²) in [7, 11) is 1.31. The second kappa shape index (κ2) is 13.7. The van der Waals surface area contributed by atoms with Crippen molar-refractivity contribution in [2.75, 3.05) is 13.7 Å². The lowest BCUT2D eigenvalue weighted by Gasteiger charge is -2.43. The van der Waals surface area contributed by atoms with Gasteiger partial charge in [-0.3, -0.25) is 19.2 Å². The average molecular weight is 670 g/mol. The summed E-state index contributed by atoms with van der Waals surface area (Å²) in [6.07, 6.45) is -4.48. The van der Waals surface area contributed by atoms with Gasteiger partial charge in [0.05, 0.1) is 42.0 Å². The van der Waals surface area contributed by atoms with Crippen molar-refractivity contribution >= 4 is 29.0 Å². The molecule has 1 saturated heterocycles. The Balaban J connectivity index is 1.51. The maximum Gasteiger partial charge on any atom is 0.220 e. The van der Waals surface area contributed by atoms with Gasteiger partial charge < -0.3 is 49.9 Å². The zero-order valence-corrected chi connectivity index (χ0v) is 26.8. The standard InChI is InChI=1S/C34H39NO13/c1-15(37)7-4-5-10-23(39)35-19-11-24(47-16(2)29(19)40)48-21-13-34(45,22(38)14-36)12-18-26(21)33(44)28-27(31(18)42)30(41)17-8-6-9-20(46-3)25(17)32(28)43/h6,8-9,16,19,21,24,29,36,40,42,44-45H,4-5,7,10-14H2,1-3H3,(H,35,39). The van der Waals surface area contributed by atoms with Crippen LogP contribution in [0, 0.1) is 0 Å². The zero-order chi connectivity index (χ0) is 35.1. The molecule has 2 aliphatic carbocycles. The van der Waals surface area contributed by atoms with Gasteiger partial charge in [-0.2, -0.15) is 0 Å². The third kappa shape index (κ3) is 6.33. The molecule has 0 saturated carbocycles. The molecule has 14 heteroatoms. The molecule has 6 N–H and O–H groups in total. The fourth-order valence-electron chi connectivity index (χ4n) is 6.80. The number of ketones is 4. The van der Waals surface area contributed by atoms with Crippen molar-refractivity contribution < 1.29 is 63.7 Å². The van der Waals surface area contributed by atoms with E-state index in [2.05, 4.69) is 5.32 Å². The minimum absolute atomic E-state index is 0.0151. The molecule has 1 amide bonds. The molecular formula is C34H39NO13. The van der Waals surface area contributed by atoms with E-state index in [0.717, 1.165) is 0 Å². The summed E-state index contributed by atoms with van der Waals surface area (Å²) in [5.41, 5.74) is -3.96. The quantitative estimate of drug-likeness (QED) is 0.125. The van der Waals surface area contributed by atoms with Crippen LogP contribution in [0.1, 0.15) is 101 Å². The van der Waals surface area contributed by atoms with E-state index in [9.17, 15) is 49.5 Å². The van der Waals surface area contributed by atoms with E-state index in [1.54, 1.807) is 6.92 Å². The van der Waals surface area contributed by atoms with Crippen LogP contribution in [0.2, 0.25) is 0 Å². The van der Waals surface area contributed by atoms with Crippen LogP contribution in [0.25, 0.3) is 0 Å². The second-order valence-electron chi connectivity index (χ2n) is 12.6. The van der Waals surface area contributed by atoms with Crippen molar-refractivity contribution in [2.45, 2.75) is 95.0 Å². The molecule has 14 nitrogen and oxygen atoms in total. The van der Waals surface area contributed by atoms with E-state index in [1.807, 2.05) is 0 Å². The normalized spacial score (nSPS) is 26.2. The van der Waals surface area contributed by atoms with Crippen LogP contribution < -0.4 is 10.1 Å². The van der Waals surface area contributed by atoms with Crippen LogP contribution >= 0.6 is 0 Å². The Morgan fingerprint density at radius 3 is 2.40 bits per heavy atom. The molecule has 6 unspecified atom stereocenters. The number of aliphatic hydroxyl groups is 3. The van der Waals surface area contributed by atoms with Gasteiger partial charge in [0.25, 0.3) is 0 Å². The molecule has 0 radical (unpaired) electrons. The van der Waals surface area contributed by atoms with Gasteiger partial charge in [-0.25, -0.2) is 0 Å². The van der Waals surface area contributed by atoms with Crippen LogP contribution in [-0.2, 0) is 30.3 Å². The number of hydrogen-bond donors (Lipinski definition) is 6. The summed E-state index contributed by atoms with van der Waals surface area (Å²) < 4.78 is 17.3. The van der Waals surface area contributed by atoms with E-state index in [0.29, 0.717) is 19.3 Å². The molecule has 2 aromatic rings. The Bertz CT molecular complexity index is 1670. The van der Waals surface area contributed by atoms with Gasteiger partial charge in [-0.15, -0.1) is 0 Å². The van der Waals surface area contributed by atoms with Crippen molar-refractivity contribution in [3.8, 4) is 17.2 Å². The number of carbonyl (C=O) groups is 5. The van der Waals surface area contributed by atoms with Gasteiger partial charge in [0.2, 0.25) is 11.7 Å². The number of aromatic hydroxyl groups is 2. The summed E-state index contributed by atoms with van der Waals surface area (Å²) in [6.45, 7) is 1.94. The van der Waals surface area contributed by atoms with E-state index in [1.165, 1.54) is 32.2 Å². The first-order valence-electron chi connectivity index (χ1n) is 15.7.